The lowest BCUT2D eigenvalue weighted by Gasteiger charge is -2.49. The third-order valence-corrected chi connectivity index (χ3v) is 8.05. The molecule has 0 N–H and O–H groups in total. The number of hydrogen-bond donors (Lipinski definition) is 0. The maximum absolute atomic E-state index is 11.9. The number of piperazine rings is 1. The number of halogens is 2. The van der Waals surface area contributed by atoms with Crippen LogP contribution in [0.15, 0.2) is 24.3 Å². The van der Waals surface area contributed by atoms with Crippen molar-refractivity contribution in [2.45, 2.75) is 71.4 Å². The lowest BCUT2D eigenvalue weighted by atomic mass is 9.78. The summed E-state index contributed by atoms with van der Waals surface area (Å²) in [5, 5.41) is 14.6. The Morgan fingerprint density at radius 1 is 1.09 bits per heavy atom. The van der Waals surface area contributed by atoms with E-state index in [0.717, 1.165) is 63.3 Å². The summed E-state index contributed by atoms with van der Waals surface area (Å²) in [4.78, 5) is 16.4. The van der Waals surface area contributed by atoms with E-state index in [1.165, 1.54) is 6.42 Å². The summed E-state index contributed by atoms with van der Waals surface area (Å²) in [6.07, 6.45) is 9.77. The van der Waals surface area contributed by atoms with E-state index < -0.39 is 0 Å². The summed E-state index contributed by atoms with van der Waals surface area (Å²) in [6.45, 7) is 11.4. The highest BCUT2D eigenvalue weighted by molar-refractivity contribution is 6.35. The zero-order valence-corrected chi connectivity index (χ0v) is 22.7. The Labute approximate surface area is 218 Å². The fourth-order valence-corrected chi connectivity index (χ4v) is 5.99. The molecule has 1 aromatic heterocycles. The van der Waals surface area contributed by atoms with Gasteiger partial charge in [0.2, 0.25) is 5.91 Å². The molecule has 2 aliphatic rings. The third kappa shape index (κ3) is 5.57. The first kappa shape index (κ1) is 26.1. The van der Waals surface area contributed by atoms with Crippen LogP contribution >= 0.6 is 23.2 Å². The van der Waals surface area contributed by atoms with E-state index in [9.17, 15) is 4.79 Å². The van der Waals surface area contributed by atoms with Crippen molar-refractivity contribution in [1.29, 1.82) is 0 Å². The molecule has 0 bridgehead atoms. The molecule has 1 saturated carbocycles. The van der Waals surface area contributed by atoms with Crippen molar-refractivity contribution in [3.8, 4) is 0 Å². The number of carbonyl (C=O) groups excluding carboxylic acids is 1. The van der Waals surface area contributed by atoms with E-state index in [2.05, 4.69) is 47.3 Å². The summed E-state index contributed by atoms with van der Waals surface area (Å²) in [7, 11) is 0. The van der Waals surface area contributed by atoms with Gasteiger partial charge in [-0.05, 0) is 46.4 Å². The first-order chi connectivity index (χ1) is 16.6. The van der Waals surface area contributed by atoms with Gasteiger partial charge in [0.1, 0.15) is 0 Å². The van der Waals surface area contributed by atoms with Crippen molar-refractivity contribution in [3.05, 3.63) is 45.7 Å². The van der Waals surface area contributed by atoms with Gasteiger partial charge in [-0.15, -0.1) is 5.10 Å². The monoisotopic (exact) mass is 518 g/mol. The Morgan fingerprint density at radius 2 is 1.77 bits per heavy atom. The fourth-order valence-electron chi connectivity index (χ4n) is 5.52. The number of tetrazole rings is 1. The summed E-state index contributed by atoms with van der Waals surface area (Å²) >= 11 is 12.5. The summed E-state index contributed by atoms with van der Waals surface area (Å²) in [5.74, 6) is 1.08. The SMILES string of the molecule is CC(=O)N1CCN(C2(c3nnnn3[C@H](/C=C/c3ccc(Cl)cc3Cl)C(C)(C)C)CCCCC2)CC1. The van der Waals surface area contributed by atoms with Crippen molar-refractivity contribution in [2.75, 3.05) is 26.2 Å². The molecular formula is C26H36Cl2N6O. The highest BCUT2D eigenvalue weighted by atomic mass is 35.5. The second-order valence-corrected chi connectivity index (χ2v) is 11.7. The first-order valence-corrected chi connectivity index (χ1v) is 13.3. The van der Waals surface area contributed by atoms with Crippen LogP contribution < -0.4 is 0 Å². The molecule has 2 heterocycles. The summed E-state index contributed by atoms with van der Waals surface area (Å²) in [5.41, 5.74) is 0.551. The number of hydrogen-bond acceptors (Lipinski definition) is 5. The Balaban J connectivity index is 1.71. The Hall–Kier alpha value is -1.96. The molecule has 1 amide bonds. The van der Waals surface area contributed by atoms with Gasteiger partial charge in [0.25, 0.3) is 0 Å². The average Bonchev–Trinajstić information content (AvgIpc) is 3.30. The van der Waals surface area contributed by atoms with Crippen molar-refractivity contribution >= 4 is 35.2 Å². The van der Waals surface area contributed by atoms with Crippen LogP contribution in [0.2, 0.25) is 10.0 Å². The number of carbonyl (C=O) groups is 1. The van der Waals surface area contributed by atoms with Gasteiger partial charge >= 0.3 is 0 Å². The second-order valence-electron chi connectivity index (χ2n) is 10.9. The van der Waals surface area contributed by atoms with E-state index in [0.29, 0.717) is 10.0 Å². The zero-order valence-electron chi connectivity index (χ0n) is 21.2. The smallest absolute Gasteiger partial charge is 0.219 e. The molecule has 0 spiro atoms. The van der Waals surface area contributed by atoms with Gasteiger partial charge in [-0.3, -0.25) is 9.69 Å². The number of benzene rings is 1. The molecule has 9 heteroatoms. The second kappa shape index (κ2) is 10.6. The number of nitrogens with zero attached hydrogens (tertiary/aromatic N) is 6. The summed E-state index contributed by atoms with van der Waals surface area (Å²) in [6, 6.07) is 5.46. The van der Waals surface area contributed by atoms with Crippen LogP contribution in [0, 0.1) is 5.41 Å². The van der Waals surface area contributed by atoms with Gasteiger partial charge in [0, 0.05) is 43.1 Å². The average molecular weight is 520 g/mol. The van der Waals surface area contributed by atoms with Gasteiger partial charge in [-0.1, -0.05) is 81.5 Å². The quantitative estimate of drug-likeness (QED) is 0.514. The van der Waals surface area contributed by atoms with Crippen LogP contribution in [0.5, 0.6) is 0 Å². The van der Waals surface area contributed by atoms with Gasteiger partial charge in [-0.2, -0.15) is 0 Å². The van der Waals surface area contributed by atoms with Crippen LogP contribution in [0.4, 0.5) is 0 Å². The van der Waals surface area contributed by atoms with Crippen molar-refractivity contribution < 1.29 is 4.79 Å². The molecule has 1 saturated heterocycles. The van der Waals surface area contributed by atoms with Gasteiger partial charge < -0.3 is 4.90 Å². The summed E-state index contributed by atoms with van der Waals surface area (Å²) < 4.78 is 2.03. The number of aromatic nitrogens is 4. The van der Waals surface area contributed by atoms with Crippen LogP contribution in [0.3, 0.4) is 0 Å². The van der Waals surface area contributed by atoms with Crippen LogP contribution in [0.1, 0.15) is 77.2 Å². The lowest BCUT2D eigenvalue weighted by molar-refractivity contribution is -0.132. The van der Waals surface area contributed by atoms with E-state index in [-0.39, 0.29) is 22.9 Å². The lowest BCUT2D eigenvalue weighted by Crippen LogP contribution is -2.58. The Bertz CT molecular complexity index is 1060. The molecule has 4 rings (SSSR count). The standard InChI is InChI=1S/C26H36Cl2N6O/c1-19(35)32-14-16-33(17-15-32)26(12-6-5-7-13-26)24-29-30-31-34(24)23(25(2,3)4)11-9-20-8-10-21(27)18-22(20)28/h8-11,18,23H,5-7,12-17H2,1-4H3/b11-9+/t23-/m1/s1. The maximum atomic E-state index is 11.9. The largest absolute Gasteiger partial charge is 0.340 e. The molecule has 190 valence electrons. The Morgan fingerprint density at radius 3 is 2.37 bits per heavy atom. The van der Waals surface area contributed by atoms with Gasteiger partial charge in [0.05, 0.1) is 11.6 Å². The number of rotatable bonds is 5. The molecule has 1 aliphatic heterocycles. The minimum atomic E-state index is -0.222. The van der Waals surface area contributed by atoms with E-state index in [1.807, 2.05) is 27.8 Å². The molecular weight excluding hydrogens is 483 g/mol. The molecule has 2 aromatic rings. The molecule has 2 fully saturated rings. The zero-order chi connectivity index (χ0) is 25.2. The highest BCUT2D eigenvalue weighted by Gasteiger charge is 2.46. The molecule has 0 unspecified atom stereocenters. The van der Waals surface area contributed by atoms with Crippen LogP contribution in [-0.4, -0.2) is 62.1 Å². The Kier molecular flexibility index (Phi) is 7.89. The normalized spacial score (nSPS) is 20.3. The van der Waals surface area contributed by atoms with Crippen LogP contribution in [0.25, 0.3) is 6.08 Å². The number of allylic oxidation sites excluding steroid dienone is 1. The van der Waals surface area contributed by atoms with E-state index >= 15 is 0 Å². The minimum absolute atomic E-state index is 0.0726. The molecule has 7 nitrogen and oxygen atoms in total. The fraction of sp³-hybridized carbons (Fsp3) is 0.615. The molecule has 1 atom stereocenters. The van der Waals surface area contributed by atoms with Crippen LogP contribution in [-0.2, 0) is 10.3 Å². The predicted octanol–water partition coefficient (Wildman–Crippen LogP) is 5.60. The van der Waals surface area contributed by atoms with Crippen molar-refractivity contribution in [2.24, 2.45) is 5.41 Å². The predicted molar refractivity (Wildman–Crippen MR) is 140 cm³/mol. The third-order valence-electron chi connectivity index (χ3n) is 7.49. The topological polar surface area (TPSA) is 67.2 Å². The molecule has 1 aliphatic carbocycles. The van der Waals surface area contributed by atoms with Gasteiger partial charge in [-0.25, -0.2) is 4.68 Å². The molecule has 35 heavy (non-hydrogen) atoms. The van der Waals surface area contributed by atoms with Crippen molar-refractivity contribution in [3.63, 3.8) is 0 Å². The molecule has 0 radical (unpaired) electrons. The van der Waals surface area contributed by atoms with Gasteiger partial charge in [0.15, 0.2) is 5.82 Å². The van der Waals surface area contributed by atoms with E-state index in [4.69, 9.17) is 23.2 Å². The van der Waals surface area contributed by atoms with Crippen molar-refractivity contribution in [1.82, 2.24) is 30.0 Å². The highest BCUT2D eigenvalue weighted by Crippen LogP contribution is 2.44. The number of amides is 1. The minimum Gasteiger partial charge on any atom is -0.340 e. The first-order valence-electron chi connectivity index (χ1n) is 12.5. The molecule has 1 aromatic carbocycles. The van der Waals surface area contributed by atoms with E-state index in [1.54, 1.807) is 13.0 Å². The maximum Gasteiger partial charge on any atom is 0.219 e.